The number of halogens is 1. The summed E-state index contributed by atoms with van der Waals surface area (Å²) in [6, 6.07) is 2.38. The minimum absolute atomic E-state index is 0.261. The standard InChI is InChI=1S/C11H14FNO6S/c12-10-2-1-8(7-9(10)11(16)17)20(18,19)13(3-5-14)4-6-15/h1-2,7,14-15H,3-6H2,(H,16,17). The van der Waals surface area contributed by atoms with Crippen molar-refractivity contribution in [2.75, 3.05) is 26.3 Å². The first-order chi connectivity index (χ1) is 9.34. The fourth-order valence-corrected chi connectivity index (χ4v) is 3.00. The largest absolute Gasteiger partial charge is 0.478 e. The smallest absolute Gasteiger partial charge is 0.338 e. The Morgan fingerprint density at radius 1 is 1.20 bits per heavy atom. The van der Waals surface area contributed by atoms with Gasteiger partial charge in [0.2, 0.25) is 10.0 Å². The van der Waals surface area contributed by atoms with Crippen LogP contribution < -0.4 is 0 Å². The van der Waals surface area contributed by atoms with Crippen LogP contribution in [0.2, 0.25) is 0 Å². The van der Waals surface area contributed by atoms with E-state index in [0.717, 1.165) is 16.4 Å². The SMILES string of the molecule is O=C(O)c1cc(S(=O)(=O)N(CCO)CCO)ccc1F. The van der Waals surface area contributed by atoms with Crippen molar-refractivity contribution in [2.45, 2.75) is 4.90 Å². The molecule has 7 nitrogen and oxygen atoms in total. The number of carboxylic acids is 1. The molecule has 1 aromatic rings. The van der Waals surface area contributed by atoms with Crippen LogP contribution in [-0.2, 0) is 10.0 Å². The van der Waals surface area contributed by atoms with Crippen molar-refractivity contribution in [3.8, 4) is 0 Å². The molecule has 3 N–H and O–H groups in total. The van der Waals surface area contributed by atoms with Crippen molar-refractivity contribution < 1.29 is 32.9 Å². The zero-order valence-corrected chi connectivity index (χ0v) is 11.2. The third-order valence-corrected chi connectivity index (χ3v) is 4.40. The predicted molar refractivity (Wildman–Crippen MR) is 66.3 cm³/mol. The Hall–Kier alpha value is -1.55. The molecule has 0 saturated heterocycles. The molecule has 0 aliphatic rings. The van der Waals surface area contributed by atoms with Crippen LogP contribution in [0.25, 0.3) is 0 Å². The maximum Gasteiger partial charge on any atom is 0.338 e. The van der Waals surface area contributed by atoms with Gasteiger partial charge in [0.1, 0.15) is 5.82 Å². The van der Waals surface area contributed by atoms with Crippen LogP contribution in [0.15, 0.2) is 23.1 Å². The number of benzene rings is 1. The van der Waals surface area contributed by atoms with Crippen molar-refractivity contribution in [1.29, 1.82) is 0 Å². The zero-order valence-electron chi connectivity index (χ0n) is 10.4. The molecule has 0 saturated carbocycles. The molecule has 0 unspecified atom stereocenters. The zero-order chi connectivity index (χ0) is 15.3. The number of carbonyl (C=O) groups is 1. The fourth-order valence-electron chi connectivity index (χ4n) is 1.55. The van der Waals surface area contributed by atoms with Crippen molar-refractivity contribution in [3.63, 3.8) is 0 Å². The summed E-state index contributed by atoms with van der Waals surface area (Å²) in [4.78, 5) is 10.4. The predicted octanol–water partition coefficient (Wildman–Crippen LogP) is -0.501. The maximum absolute atomic E-state index is 13.2. The Kier molecular flexibility index (Phi) is 5.57. The molecule has 0 fully saturated rings. The first-order valence-electron chi connectivity index (χ1n) is 5.59. The molecule has 0 heterocycles. The number of aliphatic hydroxyl groups is 2. The van der Waals surface area contributed by atoms with Gasteiger partial charge in [-0.1, -0.05) is 0 Å². The molecule has 0 spiro atoms. The number of aliphatic hydroxyl groups excluding tert-OH is 2. The number of hydrogen-bond acceptors (Lipinski definition) is 5. The van der Waals surface area contributed by atoms with Crippen LogP contribution in [0.4, 0.5) is 4.39 Å². The van der Waals surface area contributed by atoms with Crippen molar-refractivity contribution in [2.24, 2.45) is 0 Å². The molecular weight excluding hydrogens is 293 g/mol. The quantitative estimate of drug-likeness (QED) is 0.625. The molecule has 0 bridgehead atoms. The lowest BCUT2D eigenvalue weighted by molar-refractivity contribution is 0.0691. The second-order valence-corrected chi connectivity index (χ2v) is 5.74. The lowest BCUT2D eigenvalue weighted by Gasteiger charge is -2.20. The van der Waals surface area contributed by atoms with E-state index in [1.807, 2.05) is 0 Å². The number of carboxylic acid groups (broad SMARTS) is 1. The molecule has 20 heavy (non-hydrogen) atoms. The highest BCUT2D eigenvalue weighted by Crippen LogP contribution is 2.19. The molecule has 9 heteroatoms. The van der Waals surface area contributed by atoms with Crippen LogP contribution in [0.1, 0.15) is 10.4 Å². The summed E-state index contributed by atoms with van der Waals surface area (Å²) in [6.45, 7) is -1.45. The first kappa shape index (κ1) is 16.5. The molecule has 0 radical (unpaired) electrons. The number of sulfonamides is 1. The van der Waals surface area contributed by atoms with E-state index in [-0.39, 0.29) is 13.1 Å². The van der Waals surface area contributed by atoms with Crippen LogP contribution >= 0.6 is 0 Å². The summed E-state index contributed by atoms with van der Waals surface area (Å²) < 4.78 is 38.4. The number of nitrogens with zero attached hydrogens (tertiary/aromatic N) is 1. The first-order valence-corrected chi connectivity index (χ1v) is 7.03. The Labute approximate surface area is 114 Å². The van der Waals surface area contributed by atoms with Gasteiger partial charge >= 0.3 is 5.97 Å². The van der Waals surface area contributed by atoms with Gasteiger partial charge in [0.25, 0.3) is 0 Å². The van der Waals surface area contributed by atoms with E-state index in [4.69, 9.17) is 15.3 Å². The molecule has 1 rings (SSSR count). The van der Waals surface area contributed by atoms with Gasteiger partial charge in [0.05, 0.1) is 23.7 Å². The van der Waals surface area contributed by atoms with E-state index >= 15 is 0 Å². The van der Waals surface area contributed by atoms with E-state index in [0.29, 0.717) is 6.07 Å². The highest BCUT2D eigenvalue weighted by atomic mass is 32.2. The lowest BCUT2D eigenvalue weighted by Crippen LogP contribution is -2.36. The lowest BCUT2D eigenvalue weighted by atomic mass is 10.2. The summed E-state index contributed by atoms with van der Waals surface area (Å²) in [5, 5.41) is 26.4. The fraction of sp³-hybridized carbons (Fsp3) is 0.364. The minimum atomic E-state index is -4.11. The van der Waals surface area contributed by atoms with Crippen LogP contribution in [0, 0.1) is 5.82 Å². The van der Waals surface area contributed by atoms with Gasteiger partial charge in [-0.15, -0.1) is 0 Å². The molecule has 0 amide bonds. The van der Waals surface area contributed by atoms with Gasteiger partial charge in [0.15, 0.2) is 0 Å². The van der Waals surface area contributed by atoms with Gasteiger partial charge < -0.3 is 15.3 Å². The number of hydrogen-bond donors (Lipinski definition) is 3. The Morgan fingerprint density at radius 3 is 2.20 bits per heavy atom. The molecule has 0 aromatic heterocycles. The van der Waals surface area contributed by atoms with E-state index in [2.05, 4.69) is 0 Å². The number of aromatic carboxylic acids is 1. The normalized spacial score (nSPS) is 11.8. The average Bonchev–Trinajstić information content (AvgIpc) is 2.38. The van der Waals surface area contributed by atoms with Crippen molar-refractivity contribution in [1.82, 2.24) is 4.31 Å². The summed E-state index contributed by atoms with van der Waals surface area (Å²) >= 11 is 0. The second kappa shape index (κ2) is 6.75. The second-order valence-electron chi connectivity index (χ2n) is 3.80. The topological polar surface area (TPSA) is 115 Å². The van der Waals surface area contributed by atoms with Crippen LogP contribution in [-0.4, -0.2) is 60.3 Å². The molecule has 1 aromatic carbocycles. The van der Waals surface area contributed by atoms with Crippen LogP contribution in [0.3, 0.4) is 0 Å². The Balaban J connectivity index is 3.26. The highest BCUT2D eigenvalue weighted by molar-refractivity contribution is 7.89. The number of rotatable bonds is 7. The van der Waals surface area contributed by atoms with Gasteiger partial charge in [-0.2, -0.15) is 4.31 Å². The summed E-state index contributed by atoms with van der Waals surface area (Å²) in [6.07, 6.45) is 0. The average molecular weight is 307 g/mol. The molecule has 0 aliphatic carbocycles. The third kappa shape index (κ3) is 3.51. The van der Waals surface area contributed by atoms with Gasteiger partial charge in [-0.05, 0) is 18.2 Å². The molecule has 112 valence electrons. The van der Waals surface area contributed by atoms with Gasteiger partial charge in [0, 0.05) is 13.1 Å². The van der Waals surface area contributed by atoms with Crippen molar-refractivity contribution in [3.05, 3.63) is 29.6 Å². The summed E-state index contributed by atoms with van der Waals surface area (Å²) in [7, 11) is -4.11. The van der Waals surface area contributed by atoms with E-state index in [1.54, 1.807) is 0 Å². The van der Waals surface area contributed by atoms with Gasteiger partial charge in [-0.3, -0.25) is 0 Å². The monoisotopic (exact) mass is 307 g/mol. The van der Waals surface area contributed by atoms with Crippen molar-refractivity contribution >= 4 is 16.0 Å². The Morgan fingerprint density at radius 2 is 1.75 bits per heavy atom. The summed E-state index contributed by atoms with van der Waals surface area (Å²) in [5.74, 6) is -2.64. The molecule has 0 aliphatic heterocycles. The highest BCUT2D eigenvalue weighted by Gasteiger charge is 2.25. The van der Waals surface area contributed by atoms with Crippen LogP contribution in [0.5, 0.6) is 0 Å². The van der Waals surface area contributed by atoms with E-state index in [9.17, 15) is 17.6 Å². The molecular formula is C11H14FNO6S. The third-order valence-electron chi connectivity index (χ3n) is 2.50. The maximum atomic E-state index is 13.2. The summed E-state index contributed by atoms with van der Waals surface area (Å²) in [5.41, 5.74) is -0.765. The molecule has 0 atom stereocenters. The van der Waals surface area contributed by atoms with E-state index < -0.39 is 45.5 Å². The Bertz CT molecular complexity index is 583. The van der Waals surface area contributed by atoms with Gasteiger partial charge in [-0.25, -0.2) is 17.6 Å². The van der Waals surface area contributed by atoms with E-state index in [1.165, 1.54) is 0 Å². The minimum Gasteiger partial charge on any atom is -0.478 e.